The lowest BCUT2D eigenvalue weighted by atomic mass is 10.1. The highest BCUT2D eigenvalue weighted by molar-refractivity contribution is 7.99. The van der Waals surface area contributed by atoms with Gasteiger partial charge in [0.1, 0.15) is 6.26 Å². The SMILES string of the molecule is CCNC1CCC(Sc2nc(C)co2)C1C. The predicted molar refractivity (Wildman–Crippen MR) is 66.7 cm³/mol. The van der Waals surface area contributed by atoms with Crippen molar-refractivity contribution in [3.63, 3.8) is 0 Å². The van der Waals surface area contributed by atoms with E-state index >= 15 is 0 Å². The largest absolute Gasteiger partial charge is 0.440 e. The zero-order valence-electron chi connectivity index (χ0n) is 10.2. The van der Waals surface area contributed by atoms with Gasteiger partial charge in [0.2, 0.25) is 0 Å². The Morgan fingerprint density at radius 3 is 3.00 bits per heavy atom. The standard InChI is InChI=1S/C12H20N2OS/c1-4-13-10-5-6-11(9(10)3)16-12-14-8(2)7-15-12/h7,9-11,13H,4-6H2,1-3H3. The lowest BCUT2D eigenvalue weighted by Crippen LogP contribution is -2.32. The summed E-state index contributed by atoms with van der Waals surface area (Å²) in [7, 11) is 0. The Bertz CT molecular complexity index is 340. The number of hydrogen-bond donors (Lipinski definition) is 1. The fourth-order valence-electron chi connectivity index (χ4n) is 2.36. The van der Waals surface area contributed by atoms with Crippen LogP contribution >= 0.6 is 11.8 Å². The molecule has 1 fully saturated rings. The molecule has 3 unspecified atom stereocenters. The van der Waals surface area contributed by atoms with Crippen molar-refractivity contribution in [1.29, 1.82) is 0 Å². The van der Waals surface area contributed by atoms with Gasteiger partial charge < -0.3 is 9.73 Å². The summed E-state index contributed by atoms with van der Waals surface area (Å²) in [6.07, 6.45) is 4.25. The van der Waals surface area contributed by atoms with Crippen molar-refractivity contribution >= 4 is 11.8 Å². The van der Waals surface area contributed by atoms with Crippen LogP contribution in [0.25, 0.3) is 0 Å². The third-order valence-electron chi connectivity index (χ3n) is 3.30. The second-order valence-electron chi connectivity index (χ2n) is 4.51. The van der Waals surface area contributed by atoms with Crippen LogP contribution in [-0.4, -0.2) is 22.8 Å². The molecule has 0 spiro atoms. The van der Waals surface area contributed by atoms with Crippen LogP contribution in [-0.2, 0) is 0 Å². The summed E-state index contributed by atoms with van der Waals surface area (Å²) in [5.74, 6) is 0.692. The third kappa shape index (κ3) is 2.61. The number of nitrogens with one attached hydrogen (secondary N) is 1. The molecular formula is C12H20N2OS. The van der Waals surface area contributed by atoms with E-state index in [-0.39, 0.29) is 0 Å². The van der Waals surface area contributed by atoms with Crippen LogP contribution in [0.3, 0.4) is 0 Å². The van der Waals surface area contributed by atoms with Crippen LogP contribution in [0.4, 0.5) is 0 Å². The van der Waals surface area contributed by atoms with E-state index in [2.05, 4.69) is 24.1 Å². The highest BCUT2D eigenvalue weighted by Crippen LogP contribution is 2.38. The first-order valence-corrected chi connectivity index (χ1v) is 6.91. The van der Waals surface area contributed by atoms with Crippen LogP contribution in [0.1, 0.15) is 32.4 Å². The molecule has 1 aliphatic rings. The molecule has 3 atom stereocenters. The molecule has 16 heavy (non-hydrogen) atoms. The maximum Gasteiger partial charge on any atom is 0.256 e. The Labute approximate surface area is 101 Å². The molecule has 1 N–H and O–H groups in total. The zero-order valence-corrected chi connectivity index (χ0v) is 11.0. The van der Waals surface area contributed by atoms with Gasteiger partial charge in [-0.15, -0.1) is 0 Å². The minimum Gasteiger partial charge on any atom is -0.440 e. The van der Waals surface area contributed by atoms with E-state index in [1.165, 1.54) is 12.8 Å². The first-order chi connectivity index (χ1) is 7.70. The monoisotopic (exact) mass is 240 g/mol. The number of oxazole rings is 1. The third-order valence-corrected chi connectivity index (χ3v) is 4.66. The molecule has 1 aromatic rings. The van der Waals surface area contributed by atoms with E-state index in [1.807, 2.05) is 6.92 Å². The Morgan fingerprint density at radius 1 is 1.56 bits per heavy atom. The summed E-state index contributed by atoms with van der Waals surface area (Å²) in [4.78, 5) is 4.36. The normalized spacial score (nSPS) is 29.8. The van der Waals surface area contributed by atoms with Crippen LogP contribution < -0.4 is 5.32 Å². The van der Waals surface area contributed by atoms with Crippen molar-refractivity contribution in [3.05, 3.63) is 12.0 Å². The molecule has 0 aromatic carbocycles. The summed E-state index contributed by atoms with van der Waals surface area (Å²) >= 11 is 1.79. The number of nitrogens with zero attached hydrogens (tertiary/aromatic N) is 1. The van der Waals surface area contributed by atoms with Crippen molar-refractivity contribution in [3.8, 4) is 0 Å². The summed E-state index contributed by atoms with van der Waals surface area (Å²) in [6.45, 7) is 7.52. The summed E-state index contributed by atoms with van der Waals surface area (Å²) in [6, 6.07) is 0.665. The molecule has 1 aromatic heterocycles. The Hall–Kier alpha value is -0.480. The first kappa shape index (κ1) is 12.0. The number of hydrogen-bond acceptors (Lipinski definition) is 4. The van der Waals surface area contributed by atoms with Crippen molar-refractivity contribution in [2.24, 2.45) is 5.92 Å². The molecule has 0 radical (unpaired) electrons. The van der Waals surface area contributed by atoms with Crippen molar-refractivity contribution in [2.75, 3.05) is 6.54 Å². The minimum atomic E-state index is 0.641. The number of thioether (sulfide) groups is 1. The molecule has 1 aliphatic carbocycles. The lowest BCUT2D eigenvalue weighted by molar-refractivity contribution is 0.433. The second kappa shape index (κ2) is 5.23. The molecule has 2 rings (SSSR count). The first-order valence-electron chi connectivity index (χ1n) is 6.03. The maximum atomic E-state index is 5.40. The lowest BCUT2D eigenvalue weighted by Gasteiger charge is -2.19. The van der Waals surface area contributed by atoms with Crippen LogP contribution in [0, 0.1) is 12.8 Å². The molecule has 90 valence electrons. The summed E-state index contributed by atoms with van der Waals surface area (Å²) in [5, 5.41) is 5.02. The van der Waals surface area contributed by atoms with Crippen molar-refractivity contribution in [2.45, 2.75) is 50.1 Å². The summed E-state index contributed by atoms with van der Waals surface area (Å²) < 4.78 is 5.40. The molecular weight excluding hydrogens is 220 g/mol. The van der Waals surface area contributed by atoms with Crippen molar-refractivity contribution in [1.82, 2.24) is 10.3 Å². The molecule has 4 heteroatoms. The van der Waals surface area contributed by atoms with Crippen LogP contribution in [0.2, 0.25) is 0 Å². The molecule has 0 saturated heterocycles. The fraction of sp³-hybridized carbons (Fsp3) is 0.750. The topological polar surface area (TPSA) is 38.1 Å². The van der Waals surface area contributed by atoms with E-state index in [0.717, 1.165) is 17.5 Å². The second-order valence-corrected chi connectivity index (χ2v) is 5.70. The zero-order chi connectivity index (χ0) is 11.5. The molecule has 3 nitrogen and oxygen atoms in total. The molecule has 0 aliphatic heterocycles. The van der Waals surface area contributed by atoms with Gasteiger partial charge in [0.15, 0.2) is 0 Å². The number of aryl methyl sites for hydroxylation is 1. The fourth-order valence-corrected chi connectivity index (χ4v) is 3.58. The van der Waals surface area contributed by atoms with Gasteiger partial charge in [0.05, 0.1) is 5.69 Å². The Balaban J connectivity index is 1.92. The van der Waals surface area contributed by atoms with Gasteiger partial charge in [-0.05, 0) is 32.2 Å². The van der Waals surface area contributed by atoms with Gasteiger partial charge in [-0.2, -0.15) is 0 Å². The van der Waals surface area contributed by atoms with Crippen LogP contribution in [0.15, 0.2) is 15.9 Å². The van der Waals surface area contributed by atoms with E-state index < -0.39 is 0 Å². The maximum absolute atomic E-state index is 5.40. The van der Waals surface area contributed by atoms with Gasteiger partial charge in [-0.25, -0.2) is 4.98 Å². The van der Waals surface area contributed by atoms with Crippen molar-refractivity contribution < 1.29 is 4.42 Å². The number of rotatable bonds is 4. The highest BCUT2D eigenvalue weighted by Gasteiger charge is 2.33. The smallest absolute Gasteiger partial charge is 0.256 e. The van der Waals surface area contributed by atoms with Gasteiger partial charge >= 0.3 is 0 Å². The average Bonchev–Trinajstić information content (AvgIpc) is 2.80. The molecule has 0 amide bonds. The van der Waals surface area contributed by atoms with E-state index in [4.69, 9.17) is 4.42 Å². The van der Waals surface area contributed by atoms with Gasteiger partial charge in [0.25, 0.3) is 5.22 Å². The van der Waals surface area contributed by atoms with Gasteiger partial charge in [-0.1, -0.05) is 25.6 Å². The van der Waals surface area contributed by atoms with Crippen LogP contribution in [0.5, 0.6) is 0 Å². The molecule has 1 saturated carbocycles. The van der Waals surface area contributed by atoms with Gasteiger partial charge in [-0.3, -0.25) is 0 Å². The minimum absolute atomic E-state index is 0.641. The predicted octanol–water partition coefficient (Wildman–Crippen LogP) is 2.85. The average molecular weight is 240 g/mol. The summed E-state index contributed by atoms with van der Waals surface area (Å²) in [5.41, 5.74) is 0.969. The van der Waals surface area contributed by atoms with Gasteiger partial charge in [0, 0.05) is 11.3 Å². The number of aromatic nitrogens is 1. The molecule has 1 heterocycles. The molecule has 0 bridgehead atoms. The quantitative estimate of drug-likeness (QED) is 0.878. The van der Waals surface area contributed by atoms with E-state index in [1.54, 1.807) is 18.0 Å². The highest BCUT2D eigenvalue weighted by atomic mass is 32.2. The van der Waals surface area contributed by atoms with E-state index in [9.17, 15) is 0 Å². The Morgan fingerprint density at radius 2 is 2.38 bits per heavy atom. The van der Waals surface area contributed by atoms with E-state index in [0.29, 0.717) is 17.2 Å². The Kier molecular flexibility index (Phi) is 3.92.